The molecule has 26 heavy (non-hydrogen) atoms. The third kappa shape index (κ3) is 7.67. The van der Waals surface area contributed by atoms with E-state index in [2.05, 4.69) is 50.8 Å². The van der Waals surface area contributed by atoms with E-state index in [1.165, 1.54) is 17.0 Å². The fraction of sp³-hybridized carbons (Fsp3) is 0.609. The maximum Gasteiger partial charge on any atom is 0.0783 e. The van der Waals surface area contributed by atoms with Crippen molar-refractivity contribution in [1.82, 2.24) is 0 Å². The molecule has 0 N–H and O–H groups in total. The third-order valence-corrected chi connectivity index (χ3v) is 6.33. The molecule has 0 radical (unpaired) electrons. The largest absolute Gasteiger partial charge is 0.381 e. The molecule has 1 aliphatic carbocycles. The monoisotopic (exact) mass is 373 g/mol. The summed E-state index contributed by atoms with van der Waals surface area (Å²) in [7, 11) is 1.78. The van der Waals surface area contributed by atoms with Gasteiger partial charge >= 0.3 is 0 Å². The third-order valence-electron chi connectivity index (χ3n) is 5.12. The molecule has 0 unspecified atom stereocenters. The van der Waals surface area contributed by atoms with Gasteiger partial charge in [-0.2, -0.15) is 0 Å². The van der Waals surface area contributed by atoms with E-state index in [4.69, 9.17) is 9.73 Å². The van der Waals surface area contributed by atoms with E-state index < -0.39 is 0 Å². The molecule has 0 aromatic heterocycles. The van der Waals surface area contributed by atoms with Crippen LogP contribution in [0.5, 0.6) is 0 Å². The lowest BCUT2D eigenvalue weighted by Crippen LogP contribution is -2.08. The summed E-state index contributed by atoms with van der Waals surface area (Å²) in [5.74, 6) is 2.79. The summed E-state index contributed by atoms with van der Waals surface area (Å²) in [4.78, 5) is 4.86. The first-order valence-electron chi connectivity index (χ1n) is 9.97. The van der Waals surface area contributed by atoms with Crippen LogP contribution in [0.3, 0.4) is 0 Å². The van der Waals surface area contributed by atoms with Gasteiger partial charge in [-0.15, -0.1) is 18.3 Å². The smallest absolute Gasteiger partial charge is 0.0783 e. The highest BCUT2D eigenvalue weighted by Gasteiger charge is 2.39. The highest BCUT2D eigenvalue weighted by Crippen LogP contribution is 2.44. The van der Waals surface area contributed by atoms with Crippen LogP contribution in [0.2, 0.25) is 0 Å². The minimum absolute atomic E-state index is 0.296. The van der Waals surface area contributed by atoms with E-state index in [1.54, 1.807) is 7.11 Å². The molecule has 0 amide bonds. The van der Waals surface area contributed by atoms with E-state index in [0.29, 0.717) is 12.1 Å². The van der Waals surface area contributed by atoms with Crippen molar-refractivity contribution in [3.8, 4) is 0 Å². The van der Waals surface area contributed by atoms with Crippen LogP contribution in [0.25, 0.3) is 0 Å². The van der Waals surface area contributed by atoms with Crippen molar-refractivity contribution in [3.05, 3.63) is 48.6 Å². The molecule has 1 heterocycles. The molecule has 2 rings (SSSR count). The summed E-state index contributed by atoms with van der Waals surface area (Å²) in [6.07, 6.45) is 20.1. The van der Waals surface area contributed by atoms with Crippen molar-refractivity contribution < 1.29 is 4.74 Å². The molecule has 0 saturated heterocycles. The zero-order valence-electron chi connectivity index (χ0n) is 16.7. The van der Waals surface area contributed by atoms with Crippen LogP contribution in [0.1, 0.15) is 52.4 Å². The lowest BCUT2D eigenvalue weighted by atomic mass is 10.1. The van der Waals surface area contributed by atoms with Crippen molar-refractivity contribution in [2.24, 2.45) is 16.8 Å². The predicted molar refractivity (Wildman–Crippen MR) is 117 cm³/mol. The number of methoxy groups -OCH3 is 1. The van der Waals surface area contributed by atoms with Crippen LogP contribution in [-0.4, -0.2) is 30.1 Å². The highest BCUT2D eigenvalue weighted by atomic mass is 32.2. The van der Waals surface area contributed by atoms with Crippen molar-refractivity contribution in [3.63, 3.8) is 0 Å². The Morgan fingerprint density at radius 2 is 2.15 bits per heavy atom. The lowest BCUT2D eigenvalue weighted by molar-refractivity contribution is 0.0981. The van der Waals surface area contributed by atoms with Gasteiger partial charge in [0.1, 0.15) is 0 Å². The molecule has 0 spiro atoms. The van der Waals surface area contributed by atoms with Gasteiger partial charge in [0.2, 0.25) is 0 Å². The van der Waals surface area contributed by atoms with Crippen molar-refractivity contribution in [2.45, 2.75) is 64.5 Å². The number of hydrogen-bond acceptors (Lipinski definition) is 3. The van der Waals surface area contributed by atoms with Crippen molar-refractivity contribution in [2.75, 3.05) is 12.9 Å². The fourth-order valence-corrected chi connectivity index (χ4v) is 4.42. The predicted octanol–water partition coefficient (Wildman–Crippen LogP) is 6.37. The second-order valence-electron chi connectivity index (χ2n) is 7.53. The first kappa shape index (κ1) is 21.2. The van der Waals surface area contributed by atoms with Crippen LogP contribution in [0.4, 0.5) is 0 Å². The molecule has 4 atom stereocenters. The number of allylic oxidation sites excluding steroid dienone is 5. The van der Waals surface area contributed by atoms with Gasteiger partial charge in [-0.25, -0.2) is 0 Å². The quantitative estimate of drug-likeness (QED) is 0.225. The van der Waals surface area contributed by atoms with Crippen molar-refractivity contribution in [1.29, 1.82) is 0 Å². The Kier molecular flexibility index (Phi) is 9.49. The zero-order chi connectivity index (χ0) is 18.8. The molecule has 1 fully saturated rings. The standard InChI is InChI=1S/C23H35NOS/c1-5-11-21(25-4)15-14-18(2)12-9-7-6-8-10-13-20-17-26-23(24-20)22-16-19(22)3/h5,7,9-10,12-13,19-22H,1,6,8,11,14-17H2,2-4H3/b9-7+,13-10+,18-12+/t19-,20+,21-,22+/m0/s1. The van der Waals surface area contributed by atoms with Gasteiger partial charge in [-0.3, -0.25) is 4.99 Å². The molecule has 144 valence electrons. The highest BCUT2D eigenvalue weighted by molar-refractivity contribution is 8.14. The first-order valence-corrected chi connectivity index (χ1v) is 11.0. The summed E-state index contributed by atoms with van der Waals surface area (Å²) >= 11 is 1.97. The fourth-order valence-electron chi connectivity index (χ4n) is 3.14. The second kappa shape index (κ2) is 11.6. The molecule has 2 aliphatic rings. The maximum absolute atomic E-state index is 5.45. The Balaban J connectivity index is 1.58. The Morgan fingerprint density at radius 1 is 1.38 bits per heavy atom. The molecule has 0 aromatic carbocycles. The van der Waals surface area contributed by atoms with Gasteiger partial charge in [0.05, 0.1) is 17.2 Å². The van der Waals surface area contributed by atoms with Gasteiger partial charge < -0.3 is 4.74 Å². The van der Waals surface area contributed by atoms with Gasteiger partial charge in [0.25, 0.3) is 0 Å². The van der Waals surface area contributed by atoms with Crippen molar-refractivity contribution >= 4 is 16.8 Å². The average Bonchev–Trinajstić information content (AvgIpc) is 3.18. The topological polar surface area (TPSA) is 21.6 Å². The van der Waals surface area contributed by atoms with Crippen LogP contribution in [0.15, 0.2) is 53.6 Å². The number of unbranched alkanes of at least 4 members (excludes halogenated alkanes) is 1. The molecule has 0 aromatic rings. The summed E-state index contributed by atoms with van der Waals surface area (Å²) < 4.78 is 5.45. The number of ether oxygens (including phenoxy) is 1. The van der Waals surface area contributed by atoms with Gasteiger partial charge in [-0.05, 0) is 51.4 Å². The Hall–Kier alpha value is -1.06. The van der Waals surface area contributed by atoms with Gasteiger partial charge in [0.15, 0.2) is 0 Å². The summed E-state index contributed by atoms with van der Waals surface area (Å²) in [5.41, 5.74) is 1.40. The lowest BCUT2D eigenvalue weighted by Gasteiger charge is -2.12. The molecular formula is C23H35NOS. The van der Waals surface area contributed by atoms with Gasteiger partial charge in [0, 0.05) is 18.8 Å². The molecule has 2 nitrogen and oxygen atoms in total. The molecule has 1 saturated carbocycles. The van der Waals surface area contributed by atoms with E-state index in [9.17, 15) is 0 Å². The maximum atomic E-state index is 5.45. The Morgan fingerprint density at radius 3 is 2.85 bits per heavy atom. The van der Waals surface area contributed by atoms with Crippen LogP contribution >= 0.6 is 11.8 Å². The summed E-state index contributed by atoms with van der Waals surface area (Å²) in [6, 6.07) is 0.415. The SMILES string of the molecule is C=CC[C@@H](CC/C(C)=C/C=C/CC/C=C/[C@@H]1CSC([C@@H]2C[C@@H]2C)=N1)OC. The second-order valence-corrected chi connectivity index (χ2v) is 8.57. The molecule has 0 bridgehead atoms. The summed E-state index contributed by atoms with van der Waals surface area (Å²) in [5, 5.41) is 1.41. The normalized spacial score (nSPS) is 27.3. The van der Waals surface area contributed by atoms with Crippen LogP contribution in [-0.2, 0) is 4.74 Å². The van der Waals surface area contributed by atoms with Crippen LogP contribution in [0, 0.1) is 11.8 Å². The average molecular weight is 374 g/mol. The Bertz CT molecular complexity index is 561. The minimum Gasteiger partial charge on any atom is -0.381 e. The number of rotatable bonds is 12. The number of nitrogens with zero attached hydrogens (tertiary/aromatic N) is 1. The van der Waals surface area contributed by atoms with E-state index in [0.717, 1.165) is 49.7 Å². The summed E-state index contributed by atoms with van der Waals surface area (Å²) in [6.45, 7) is 8.31. The van der Waals surface area contributed by atoms with E-state index in [1.807, 2.05) is 17.8 Å². The first-order chi connectivity index (χ1) is 12.6. The van der Waals surface area contributed by atoms with Crippen LogP contribution < -0.4 is 0 Å². The van der Waals surface area contributed by atoms with E-state index in [-0.39, 0.29) is 0 Å². The minimum atomic E-state index is 0.296. The number of aliphatic imine (C=N–C) groups is 1. The number of hydrogen-bond donors (Lipinski definition) is 0. The molecular weight excluding hydrogens is 338 g/mol. The van der Waals surface area contributed by atoms with E-state index >= 15 is 0 Å². The zero-order valence-corrected chi connectivity index (χ0v) is 17.5. The molecule has 1 aliphatic heterocycles. The Labute approximate surface area is 164 Å². The number of thioether (sulfide) groups is 1. The van der Waals surface area contributed by atoms with Gasteiger partial charge in [-0.1, -0.05) is 49.0 Å². The molecule has 3 heteroatoms.